The highest BCUT2D eigenvalue weighted by Crippen LogP contribution is 2.17. The van der Waals surface area contributed by atoms with Gasteiger partial charge in [0, 0.05) is 39.3 Å². The number of carbonyl (C=O) groups is 2. The molecular weight excluding hydrogens is 308 g/mol. The van der Waals surface area contributed by atoms with Crippen LogP contribution >= 0.6 is 0 Å². The standard InChI is InChI=1S/C17H26N4O3/c1-19-16(24-13-15(22)20-8-4-2-5-9-20)12-14(18-19)17(23)21-10-6-3-7-11-21/h12H,2-11,13H2,1H3. The first-order chi connectivity index (χ1) is 11.6. The predicted octanol–water partition coefficient (Wildman–Crippen LogP) is 1.44. The van der Waals surface area contributed by atoms with Crippen molar-refractivity contribution in [2.75, 3.05) is 32.8 Å². The van der Waals surface area contributed by atoms with Gasteiger partial charge in [0.2, 0.25) is 5.88 Å². The fourth-order valence-corrected chi connectivity index (χ4v) is 3.32. The molecule has 7 heteroatoms. The summed E-state index contributed by atoms with van der Waals surface area (Å²) in [4.78, 5) is 28.3. The molecule has 2 saturated heterocycles. The fourth-order valence-electron chi connectivity index (χ4n) is 3.32. The molecule has 0 unspecified atom stereocenters. The summed E-state index contributed by atoms with van der Waals surface area (Å²) < 4.78 is 7.14. The average molecular weight is 334 g/mol. The van der Waals surface area contributed by atoms with E-state index in [1.807, 2.05) is 9.80 Å². The molecule has 132 valence electrons. The molecule has 0 aliphatic carbocycles. The van der Waals surface area contributed by atoms with E-state index in [0.29, 0.717) is 11.6 Å². The second kappa shape index (κ2) is 7.68. The summed E-state index contributed by atoms with van der Waals surface area (Å²) in [5.41, 5.74) is 0.389. The van der Waals surface area contributed by atoms with E-state index in [0.717, 1.165) is 51.9 Å². The molecule has 0 radical (unpaired) electrons. The van der Waals surface area contributed by atoms with Gasteiger partial charge in [-0.25, -0.2) is 4.68 Å². The molecule has 0 saturated carbocycles. The van der Waals surface area contributed by atoms with Crippen molar-refractivity contribution in [3.63, 3.8) is 0 Å². The van der Waals surface area contributed by atoms with Crippen molar-refractivity contribution in [3.8, 4) is 5.88 Å². The third kappa shape index (κ3) is 3.88. The first kappa shape index (κ1) is 16.8. The minimum Gasteiger partial charge on any atom is -0.468 e. The number of piperidine rings is 2. The highest BCUT2D eigenvalue weighted by molar-refractivity contribution is 5.92. The first-order valence-electron chi connectivity index (χ1n) is 8.89. The zero-order valence-electron chi connectivity index (χ0n) is 14.4. The van der Waals surface area contributed by atoms with Crippen LogP contribution in [-0.2, 0) is 11.8 Å². The van der Waals surface area contributed by atoms with Gasteiger partial charge in [0.15, 0.2) is 12.3 Å². The number of amides is 2. The molecule has 0 bridgehead atoms. The van der Waals surface area contributed by atoms with Crippen LogP contribution in [0.4, 0.5) is 0 Å². The van der Waals surface area contributed by atoms with Crippen molar-refractivity contribution >= 4 is 11.8 Å². The Balaban J connectivity index is 1.57. The average Bonchev–Trinajstić information content (AvgIpc) is 3.01. The SMILES string of the molecule is Cn1nc(C(=O)N2CCCCC2)cc1OCC(=O)N1CCCCC1. The highest BCUT2D eigenvalue weighted by atomic mass is 16.5. The van der Waals surface area contributed by atoms with Crippen LogP contribution in [0.25, 0.3) is 0 Å². The Morgan fingerprint density at radius 3 is 2.21 bits per heavy atom. The number of carbonyl (C=O) groups excluding carboxylic acids is 2. The lowest BCUT2D eigenvalue weighted by Crippen LogP contribution is -2.38. The van der Waals surface area contributed by atoms with E-state index >= 15 is 0 Å². The van der Waals surface area contributed by atoms with Crippen LogP contribution in [0.3, 0.4) is 0 Å². The summed E-state index contributed by atoms with van der Waals surface area (Å²) >= 11 is 0. The number of aromatic nitrogens is 2. The van der Waals surface area contributed by atoms with Gasteiger partial charge in [0.1, 0.15) is 0 Å². The molecule has 0 spiro atoms. The van der Waals surface area contributed by atoms with Gasteiger partial charge in [-0.2, -0.15) is 5.10 Å². The Hall–Kier alpha value is -2.05. The Labute approximate surface area is 142 Å². The number of hydrogen-bond acceptors (Lipinski definition) is 4. The van der Waals surface area contributed by atoms with Gasteiger partial charge in [-0.3, -0.25) is 9.59 Å². The maximum atomic E-state index is 12.5. The van der Waals surface area contributed by atoms with Gasteiger partial charge in [-0.1, -0.05) is 0 Å². The first-order valence-corrected chi connectivity index (χ1v) is 8.89. The van der Waals surface area contributed by atoms with Gasteiger partial charge in [-0.15, -0.1) is 0 Å². The largest absolute Gasteiger partial charge is 0.468 e. The Morgan fingerprint density at radius 1 is 1.00 bits per heavy atom. The van der Waals surface area contributed by atoms with E-state index in [2.05, 4.69) is 5.10 Å². The smallest absolute Gasteiger partial charge is 0.274 e. The summed E-state index contributed by atoms with van der Waals surface area (Å²) in [7, 11) is 1.73. The number of rotatable bonds is 4. The Bertz CT molecular complexity index is 587. The lowest BCUT2D eigenvalue weighted by molar-refractivity contribution is -0.134. The van der Waals surface area contributed by atoms with Gasteiger partial charge in [0.25, 0.3) is 11.8 Å². The Kier molecular flexibility index (Phi) is 5.37. The summed E-state index contributed by atoms with van der Waals surface area (Å²) in [5, 5.41) is 4.25. The molecule has 2 aliphatic heterocycles. The van der Waals surface area contributed by atoms with Crippen molar-refractivity contribution in [1.29, 1.82) is 0 Å². The van der Waals surface area contributed by atoms with E-state index in [1.54, 1.807) is 13.1 Å². The van der Waals surface area contributed by atoms with Crippen molar-refractivity contribution in [2.24, 2.45) is 7.05 Å². The summed E-state index contributed by atoms with van der Waals surface area (Å²) in [6, 6.07) is 1.64. The lowest BCUT2D eigenvalue weighted by Gasteiger charge is -2.26. The van der Waals surface area contributed by atoms with E-state index in [-0.39, 0.29) is 18.4 Å². The van der Waals surface area contributed by atoms with Crippen LogP contribution in [0.15, 0.2) is 6.07 Å². The number of aryl methyl sites for hydroxylation is 1. The molecule has 2 amide bonds. The van der Waals surface area contributed by atoms with Crippen LogP contribution in [0, 0.1) is 0 Å². The predicted molar refractivity (Wildman–Crippen MR) is 88.9 cm³/mol. The monoisotopic (exact) mass is 334 g/mol. The highest BCUT2D eigenvalue weighted by Gasteiger charge is 2.23. The second-order valence-electron chi connectivity index (χ2n) is 6.57. The maximum absolute atomic E-state index is 12.5. The topological polar surface area (TPSA) is 67.7 Å². The quantitative estimate of drug-likeness (QED) is 0.835. The number of nitrogens with zero attached hydrogens (tertiary/aromatic N) is 4. The number of hydrogen-bond donors (Lipinski definition) is 0. The van der Waals surface area contributed by atoms with Gasteiger partial charge in [-0.05, 0) is 38.5 Å². The normalized spacial score (nSPS) is 18.5. The maximum Gasteiger partial charge on any atom is 0.274 e. The molecule has 0 N–H and O–H groups in total. The van der Waals surface area contributed by atoms with Crippen molar-refractivity contribution in [1.82, 2.24) is 19.6 Å². The van der Waals surface area contributed by atoms with Gasteiger partial charge < -0.3 is 14.5 Å². The molecule has 24 heavy (non-hydrogen) atoms. The molecule has 2 aliphatic rings. The zero-order valence-corrected chi connectivity index (χ0v) is 14.4. The molecule has 0 aromatic carbocycles. The van der Waals surface area contributed by atoms with Crippen molar-refractivity contribution in [2.45, 2.75) is 38.5 Å². The fraction of sp³-hybridized carbons (Fsp3) is 0.706. The van der Waals surface area contributed by atoms with E-state index in [4.69, 9.17) is 4.74 Å². The van der Waals surface area contributed by atoms with Gasteiger partial charge in [0.05, 0.1) is 0 Å². The second-order valence-corrected chi connectivity index (χ2v) is 6.57. The summed E-state index contributed by atoms with van der Waals surface area (Å²) in [5.74, 6) is 0.406. The minimum absolute atomic E-state index is 0.000179. The van der Waals surface area contributed by atoms with Crippen LogP contribution in [0.1, 0.15) is 49.0 Å². The number of ether oxygens (including phenoxy) is 1. The van der Waals surface area contributed by atoms with E-state index in [9.17, 15) is 9.59 Å². The molecule has 7 nitrogen and oxygen atoms in total. The number of likely N-dealkylation sites (tertiary alicyclic amines) is 2. The molecule has 3 rings (SSSR count). The molecule has 1 aromatic heterocycles. The minimum atomic E-state index is -0.0532. The third-order valence-corrected chi connectivity index (χ3v) is 4.75. The lowest BCUT2D eigenvalue weighted by atomic mass is 10.1. The third-order valence-electron chi connectivity index (χ3n) is 4.75. The molecule has 1 aromatic rings. The van der Waals surface area contributed by atoms with Crippen molar-refractivity contribution < 1.29 is 14.3 Å². The zero-order chi connectivity index (χ0) is 16.9. The van der Waals surface area contributed by atoms with E-state index < -0.39 is 0 Å². The van der Waals surface area contributed by atoms with Crippen LogP contribution in [0.2, 0.25) is 0 Å². The van der Waals surface area contributed by atoms with Crippen LogP contribution < -0.4 is 4.74 Å². The summed E-state index contributed by atoms with van der Waals surface area (Å²) in [6.07, 6.45) is 6.59. The summed E-state index contributed by atoms with van der Waals surface area (Å²) in [6.45, 7) is 3.20. The van der Waals surface area contributed by atoms with Crippen LogP contribution in [0.5, 0.6) is 5.88 Å². The molecule has 2 fully saturated rings. The molecule has 0 atom stereocenters. The Morgan fingerprint density at radius 2 is 1.58 bits per heavy atom. The molecular formula is C17H26N4O3. The van der Waals surface area contributed by atoms with Crippen LogP contribution in [-0.4, -0.2) is 64.2 Å². The van der Waals surface area contributed by atoms with Crippen molar-refractivity contribution in [3.05, 3.63) is 11.8 Å². The van der Waals surface area contributed by atoms with Gasteiger partial charge >= 0.3 is 0 Å². The molecule has 3 heterocycles. The van der Waals surface area contributed by atoms with E-state index in [1.165, 1.54) is 17.5 Å².